The molecule has 0 aliphatic heterocycles. The van der Waals surface area contributed by atoms with Gasteiger partial charge in [0.25, 0.3) is 11.5 Å². The first-order chi connectivity index (χ1) is 12.0. The van der Waals surface area contributed by atoms with Gasteiger partial charge in [-0.1, -0.05) is 12.1 Å². The third-order valence-electron chi connectivity index (χ3n) is 3.43. The molecule has 6 nitrogen and oxygen atoms in total. The van der Waals surface area contributed by atoms with E-state index >= 15 is 0 Å². The number of H-pyrrole nitrogens is 1. The van der Waals surface area contributed by atoms with Gasteiger partial charge in [0.1, 0.15) is 16.3 Å². The molecular weight excluding hydrogens is 352 g/mol. The number of para-hydroxylation sites is 1. The van der Waals surface area contributed by atoms with Crippen molar-refractivity contribution in [3.05, 3.63) is 57.5 Å². The molecular formula is C16H13F2N3O3S. The Morgan fingerprint density at radius 3 is 2.88 bits per heavy atom. The molecule has 0 aliphatic rings. The second kappa shape index (κ2) is 6.98. The number of rotatable bonds is 5. The minimum absolute atomic E-state index is 0.00394. The van der Waals surface area contributed by atoms with Crippen molar-refractivity contribution in [3.8, 4) is 5.75 Å². The van der Waals surface area contributed by atoms with Gasteiger partial charge >= 0.3 is 6.61 Å². The third kappa shape index (κ3) is 3.66. The summed E-state index contributed by atoms with van der Waals surface area (Å²) in [6.07, 6.45) is 0. The number of carbonyl (C=O) groups is 1. The molecule has 0 fully saturated rings. The van der Waals surface area contributed by atoms with Crippen LogP contribution in [0.3, 0.4) is 0 Å². The van der Waals surface area contributed by atoms with Crippen molar-refractivity contribution in [2.45, 2.75) is 13.2 Å². The van der Waals surface area contributed by atoms with E-state index in [9.17, 15) is 18.4 Å². The van der Waals surface area contributed by atoms with Crippen molar-refractivity contribution in [2.24, 2.45) is 0 Å². The highest BCUT2D eigenvalue weighted by atomic mass is 32.1. The molecule has 1 aromatic carbocycles. The van der Waals surface area contributed by atoms with Gasteiger partial charge in [-0.3, -0.25) is 9.59 Å². The van der Waals surface area contributed by atoms with Crippen LogP contribution in [-0.2, 0) is 6.54 Å². The number of hydrogen-bond acceptors (Lipinski definition) is 5. The number of thiophene rings is 1. The summed E-state index contributed by atoms with van der Waals surface area (Å²) >= 11 is 1.28. The van der Waals surface area contributed by atoms with E-state index in [-0.39, 0.29) is 23.4 Å². The van der Waals surface area contributed by atoms with Gasteiger partial charge < -0.3 is 14.6 Å². The minimum Gasteiger partial charge on any atom is -0.434 e. The summed E-state index contributed by atoms with van der Waals surface area (Å²) in [4.78, 5) is 32.7. The second-order valence-electron chi connectivity index (χ2n) is 5.18. The van der Waals surface area contributed by atoms with Gasteiger partial charge in [-0.15, -0.1) is 11.3 Å². The lowest BCUT2D eigenvalue weighted by molar-refractivity contribution is -0.0502. The number of benzene rings is 1. The van der Waals surface area contributed by atoms with Gasteiger partial charge in [-0.05, 0) is 23.6 Å². The molecule has 2 aromatic heterocycles. The molecule has 0 unspecified atom stereocenters. The predicted molar refractivity (Wildman–Crippen MR) is 89.1 cm³/mol. The summed E-state index contributed by atoms with van der Waals surface area (Å²) < 4.78 is 29.8. The molecule has 0 atom stereocenters. The van der Waals surface area contributed by atoms with Crippen LogP contribution in [0.2, 0.25) is 0 Å². The second-order valence-corrected chi connectivity index (χ2v) is 6.10. The molecule has 0 bridgehead atoms. The first-order valence-corrected chi connectivity index (χ1v) is 8.09. The maximum Gasteiger partial charge on any atom is 0.387 e. The van der Waals surface area contributed by atoms with E-state index in [4.69, 9.17) is 0 Å². The molecule has 9 heteroatoms. The van der Waals surface area contributed by atoms with Crippen molar-refractivity contribution in [3.63, 3.8) is 0 Å². The molecule has 1 amide bonds. The van der Waals surface area contributed by atoms with Crippen molar-refractivity contribution >= 4 is 27.5 Å². The number of ether oxygens (including phenoxy) is 1. The standard InChI is InChI=1S/C16H13F2N3O3S/c1-21(8-12-19-10-6-7-25-13(10)14(22)20-12)15(23)9-4-2-3-5-11(9)24-16(17)18/h2-7,16H,8H2,1H3,(H,19,20,22). The molecule has 2 heterocycles. The van der Waals surface area contributed by atoms with Crippen LogP contribution in [-0.4, -0.2) is 34.4 Å². The van der Waals surface area contributed by atoms with Crippen molar-refractivity contribution in [1.29, 1.82) is 0 Å². The van der Waals surface area contributed by atoms with Crippen LogP contribution < -0.4 is 10.3 Å². The lowest BCUT2D eigenvalue weighted by atomic mass is 10.2. The quantitative estimate of drug-likeness (QED) is 0.754. The van der Waals surface area contributed by atoms with E-state index < -0.39 is 12.5 Å². The molecule has 1 N–H and O–H groups in total. The summed E-state index contributed by atoms with van der Waals surface area (Å²) in [6, 6.07) is 7.46. The van der Waals surface area contributed by atoms with E-state index in [2.05, 4.69) is 14.7 Å². The van der Waals surface area contributed by atoms with Crippen LogP contribution in [0.1, 0.15) is 16.2 Å². The fourth-order valence-electron chi connectivity index (χ4n) is 2.34. The van der Waals surface area contributed by atoms with E-state index in [1.54, 1.807) is 17.5 Å². The molecule has 130 valence electrons. The van der Waals surface area contributed by atoms with E-state index in [1.165, 1.54) is 41.5 Å². The monoisotopic (exact) mass is 365 g/mol. The summed E-state index contributed by atoms with van der Waals surface area (Å²) in [7, 11) is 1.49. The molecule has 3 rings (SSSR count). The number of hydrogen-bond donors (Lipinski definition) is 1. The molecule has 0 spiro atoms. The number of fused-ring (bicyclic) bond motifs is 1. The number of carbonyl (C=O) groups excluding carboxylic acids is 1. The zero-order chi connectivity index (χ0) is 18.0. The van der Waals surface area contributed by atoms with Gasteiger partial charge in [0, 0.05) is 7.05 Å². The van der Waals surface area contributed by atoms with Crippen LogP contribution in [0, 0.1) is 0 Å². The normalized spacial score (nSPS) is 11.0. The molecule has 0 saturated heterocycles. The topological polar surface area (TPSA) is 75.3 Å². The Hall–Kier alpha value is -2.81. The van der Waals surface area contributed by atoms with Crippen molar-refractivity contribution in [1.82, 2.24) is 14.9 Å². The zero-order valence-electron chi connectivity index (χ0n) is 13.0. The lowest BCUT2D eigenvalue weighted by Gasteiger charge is -2.18. The Morgan fingerprint density at radius 2 is 2.12 bits per heavy atom. The first kappa shape index (κ1) is 17.0. The molecule has 3 aromatic rings. The van der Waals surface area contributed by atoms with Crippen LogP contribution in [0.25, 0.3) is 10.2 Å². The van der Waals surface area contributed by atoms with Gasteiger partial charge in [-0.2, -0.15) is 8.78 Å². The Bertz CT molecular complexity index is 970. The lowest BCUT2D eigenvalue weighted by Crippen LogP contribution is -2.28. The minimum atomic E-state index is -3.03. The maximum absolute atomic E-state index is 12.5. The Labute approximate surface area is 144 Å². The third-order valence-corrected chi connectivity index (χ3v) is 4.33. The van der Waals surface area contributed by atoms with Crippen LogP contribution >= 0.6 is 11.3 Å². The Kier molecular flexibility index (Phi) is 4.75. The summed E-state index contributed by atoms with van der Waals surface area (Å²) in [5.41, 5.74) is 0.271. The number of halogens is 2. The number of aromatic amines is 1. The molecule has 25 heavy (non-hydrogen) atoms. The van der Waals surface area contributed by atoms with Crippen LogP contribution in [0.15, 0.2) is 40.5 Å². The summed E-state index contributed by atoms with van der Waals surface area (Å²) in [5.74, 6) is -0.424. The van der Waals surface area contributed by atoms with E-state index in [1.807, 2.05) is 0 Å². The van der Waals surface area contributed by atoms with Gasteiger partial charge in [0.2, 0.25) is 0 Å². The highest BCUT2D eigenvalue weighted by Crippen LogP contribution is 2.22. The number of nitrogens with one attached hydrogen (secondary N) is 1. The molecule has 0 aliphatic carbocycles. The van der Waals surface area contributed by atoms with Crippen LogP contribution in [0.5, 0.6) is 5.75 Å². The summed E-state index contributed by atoms with van der Waals surface area (Å²) in [5, 5.41) is 1.75. The van der Waals surface area contributed by atoms with E-state index in [0.717, 1.165) is 0 Å². The van der Waals surface area contributed by atoms with Crippen molar-refractivity contribution < 1.29 is 18.3 Å². The number of alkyl halides is 2. The van der Waals surface area contributed by atoms with Crippen molar-refractivity contribution in [2.75, 3.05) is 7.05 Å². The Balaban J connectivity index is 1.84. The fraction of sp³-hybridized carbons (Fsp3) is 0.188. The average molecular weight is 365 g/mol. The van der Waals surface area contributed by atoms with Gasteiger partial charge in [0.05, 0.1) is 17.6 Å². The highest BCUT2D eigenvalue weighted by Gasteiger charge is 2.19. The largest absolute Gasteiger partial charge is 0.434 e. The Morgan fingerprint density at radius 1 is 1.36 bits per heavy atom. The first-order valence-electron chi connectivity index (χ1n) is 7.21. The zero-order valence-corrected chi connectivity index (χ0v) is 13.8. The fourth-order valence-corrected chi connectivity index (χ4v) is 3.07. The number of nitrogens with zero attached hydrogens (tertiary/aromatic N) is 2. The number of aromatic nitrogens is 2. The van der Waals surface area contributed by atoms with Gasteiger partial charge in [-0.25, -0.2) is 4.98 Å². The van der Waals surface area contributed by atoms with E-state index in [0.29, 0.717) is 16.0 Å². The molecule has 0 saturated carbocycles. The SMILES string of the molecule is CN(Cc1nc2ccsc2c(=O)[nH]1)C(=O)c1ccccc1OC(F)F. The van der Waals surface area contributed by atoms with Gasteiger partial charge in [0.15, 0.2) is 0 Å². The maximum atomic E-state index is 12.5. The molecule has 0 radical (unpaired) electrons. The average Bonchev–Trinajstić information content (AvgIpc) is 3.03. The smallest absolute Gasteiger partial charge is 0.387 e. The van der Waals surface area contributed by atoms with Crippen LogP contribution in [0.4, 0.5) is 8.78 Å². The highest BCUT2D eigenvalue weighted by molar-refractivity contribution is 7.17. The summed E-state index contributed by atoms with van der Waals surface area (Å²) in [6.45, 7) is -3.01. The number of amides is 1. The predicted octanol–water partition coefficient (Wildman–Crippen LogP) is 2.86.